The molecule has 0 saturated carbocycles. The number of benzene rings is 4. The van der Waals surface area contributed by atoms with Crippen LogP contribution in [0.5, 0.6) is 0 Å². The number of carbonyl (C=O) groups is 2. The van der Waals surface area contributed by atoms with Gasteiger partial charge >= 0.3 is 20.8 Å². The van der Waals surface area contributed by atoms with Crippen LogP contribution in [-0.4, -0.2) is 119 Å². The number of aryl methyl sites for hydroxylation is 2. The Morgan fingerprint density at radius 1 is 0.603 bits per heavy atom. The minimum atomic E-state index is -4.67. The minimum absolute atomic E-state index is 0.0414. The highest BCUT2D eigenvalue weighted by molar-refractivity contribution is 7.80. The van der Waals surface area contributed by atoms with Crippen molar-refractivity contribution in [3.05, 3.63) is 118 Å². The topological polar surface area (TPSA) is 332 Å². The van der Waals surface area contributed by atoms with Gasteiger partial charge in [0.25, 0.3) is 11.8 Å². The number of methoxy groups -OCH3 is 2. The predicted octanol–water partition coefficient (Wildman–Crippen LogP) is 5.46. The highest BCUT2D eigenvalue weighted by Gasteiger charge is 2.17. The van der Waals surface area contributed by atoms with Crippen LogP contribution < -0.4 is 21.3 Å². The molecule has 0 radical (unpaired) electrons. The molecule has 0 aliphatic carbocycles. The summed E-state index contributed by atoms with van der Waals surface area (Å²) in [6.07, 6.45) is 0. The number of aromatic amines is 2. The Hall–Kier alpha value is -6.92. The SMILES string of the molecule is COC[C@H](C)N=C(NC(=O)c1ccc(F)c(F)c1)Nc1n[nH]c2cc(C)ccc12.COC[C@H](C)N=C(NC(=O)c1ccc(F)c(F)c1)Nc1n[nH]c2cc(C)ccc12.O=S(=O)(O)O.O=S(=O)(O)O. The number of nitrogens with zero attached hydrogens (tertiary/aromatic N) is 4. The second kappa shape index (κ2) is 25.3. The molecule has 22 nitrogen and oxygen atoms in total. The summed E-state index contributed by atoms with van der Waals surface area (Å²) in [5, 5.41) is 27.1. The van der Waals surface area contributed by atoms with Crippen molar-refractivity contribution < 1.29 is 71.7 Å². The molecule has 68 heavy (non-hydrogen) atoms. The van der Waals surface area contributed by atoms with Gasteiger partial charge in [-0.3, -0.25) is 48.6 Å². The van der Waals surface area contributed by atoms with Gasteiger partial charge in [-0.1, -0.05) is 12.1 Å². The summed E-state index contributed by atoms with van der Waals surface area (Å²) in [6, 6.07) is 16.8. The van der Waals surface area contributed by atoms with E-state index in [1.807, 2.05) is 50.2 Å². The molecule has 6 aromatic rings. The van der Waals surface area contributed by atoms with Gasteiger partial charge in [0.2, 0.25) is 11.9 Å². The van der Waals surface area contributed by atoms with Gasteiger partial charge in [-0.25, -0.2) is 27.5 Å². The summed E-state index contributed by atoms with van der Waals surface area (Å²) in [5.74, 6) is -4.40. The number of aromatic nitrogens is 4. The zero-order chi connectivity index (χ0) is 50.9. The second-order valence-corrected chi connectivity index (χ2v) is 15.9. The maximum absolute atomic E-state index is 13.5. The number of fused-ring (bicyclic) bond motifs is 2. The Labute approximate surface area is 385 Å². The molecule has 28 heteroatoms. The van der Waals surface area contributed by atoms with Gasteiger partial charge in [0.1, 0.15) is 0 Å². The fourth-order valence-electron chi connectivity index (χ4n) is 5.51. The molecule has 0 unspecified atom stereocenters. The first kappa shape index (κ1) is 55.4. The molecule has 0 aliphatic rings. The van der Waals surface area contributed by atoms with E-state index in [1.54, 1.807) is 28.1 Å². The molecule has 0 aliphatic heterocycles. The summed E-state index contributed by atoms with van der Waals surface area (Å²) >= 11 is 0. The number of aliphatic imine (C=N–C) groups is 2. The monoisotopic (exact) mass is 998 g/mol. The first-order valence-electron chi connectivity index (χ1n) is 19.2. The molecule has 2 heterocycles. The Balaban J connectivity index is 0.000000300. The molecule has 10 N–H and O–H groups in total. The maximum Gasteiger partial charge on any atom is 0.394 e. The molecular formula is C40H46F4N10O12S2. The predicted molar refractivity (Wildman–Crippen MR) is 242 cm³/mol. The van der Waals surface area contributed by atoms with Gasteiger partial charge in [0, 0.05) is 36.1 Å². The average Bonchev–Trinajstić information content (AvgIpc) is 3.81. The van der Waals surface area contributed by atoms with Crippen molar-refractivity contribution in [1.82, 2.24) is 31.0 Å². The number of ether oxygens (including phenoxy) is 2. The molecular weight excluding hydrogens is 953 g/mol. The van der Waals surface area contributed by atoms with E-state index in [0.717, 1.165) is 57.2 Å². The highest BCUT2D eigenvalue weighted by atomic mass is 32.3. The van der Waals surface area contributed by atoms with Crippen molar-refractivity contribution in [2.75, 3.05) is 38.1 Å². The first-order chi connectivity index (χ1) is 31.7. The van der Waals surface area contributed by atoms with Crippen molar-refractivity contribution in [2.45, 2.75) is 39.8 Å². The third-order valence-electron chi connectivity index (χ3n) is 8.25. The van der Waals surface area contributed by atoms with Gasteiger partial charge in [0.05, 0.1) is 36.3 Å². The third-order valence-corrected chi connectivity index (χ3v) is 8.25. The molecule has 0 fully saturated rings. The van der Waals surface area contributed by atoms with E-state index < -0.39 is 55.9 Å². The zero-order valence-electron chi connectivity index (χ0n) is 36.7. The second-order valence-electron chi connectivity index (χ2n) is 14.1. The lowest BCUT2D eigenvalue weighted by Gasteiger charge is -2.13. The lowest BCUT2D eigenvalue weighted by atomic mass is 10.2. The Bertz CT molecular complexity index is 2780. The van der Waals surface area contributed by atoms with Crippen LogP contribution in [0.25, 0.3) is 21.8 Å². The number of carbonyl (C=O) groups excluding carboxylic acids is 2. The van der Waals surface area contributed by atoms with Crippen molar-refractivity contribution in [3.8, 4) is 0 Å². The van der Waals surface area contributed by atoms with E-state index in [2.05, 4.69) is 51.6 Å². The maximum atomic E-state index is 13.5. The number of H-pyrrole nitrogens is 2. The van der Waals surface area contributed by atoms with Gasteiger partial charge < -0.3 is 20.1 Å². The number of hydrogen-bond acceptors (Lipinski definition) is 12. The lowest BCUT2D eigenvalue weighted by Crippen LogP contribution is -2.37. The van der Waals surface area contributed by atoms with Crippen LogP contribution in [0.2, 0.25) is 0 Å². The van der Waals surface area contributed by atoms with Gasteiger partial charge in [0.15, 0.2) is 34.9 Å². The largest absolute Gasteiger partial charge is 0.394 e. The van der Waals surface area contributed by atoms with Gasteiger partial charge in [-0.05, 0) is 99.5 Å². The van der Waals surface area contributed by atoms with E-state index in [-0.39, 0.29) is 35.1 Å². The van der Waals surface area contributed by atoms with Crippen molar-refractivity contribution >= 4 is 78.0 Å². The van der Waals surface area contributed by atoms with E-state index in [4.69, 9.17) is 44.5 Å². The molecule has 2 aromatic heterocycles. The van der Waals surface area contributed by atoms with Crippen LogP contribution in [0.15, 0.2) is 82.8 Å². The highest BCUT2D eigenvalue weighted by Crippen LogP contribution is 2.23. The molecule has 0 bridgehead atoms. The van der Waals surface area contributed by atoms with Crippen LogP contribution in [0, 0.1) is 37.1 Å². The zero-order valence-corrected chi connectivity index (χ0v) is 38.3. The number of nitrogens with one attached hydrogen (secondary N) is 6. The van der Waals surface area contributed by atoms with Gasteiger partial charge in [-0.15, -0.1) is 0 Å². The van der Waals surface area contributed by atoms with Crippen LogP contribution in [0.1, 0.15) is 45.7 Å². The fourth-order valence-corrected chi connectivity index (χ4v) is 5.51. The number of anilines is 2. The van der Waals surface area contributed by atoms with E-state index in [1.165, 1.54) is 12.1 Å². The molecule has 0 saturated heterocycles. The average molecular weight is 999 g/mol. The summed E-state index contributed by atoms with van der Waals surface area (Å²) in [7, 11) is -6.24. The molecule has 6 rings (SSSR count). The van der Waals surface area contributed by atoms with Crippen molar-refractivity contribution in [3.63, 3.8) is 0 Å². The van der Waals surface area contributed by atoms with Crippen molar-refractivity contribution in [2.24, 2.45) is 9.98 Å². The number of halogens is 4. The fraction of sp³-hybridized carbons (Fsp3) is 0.250. The summed E-state index contributed by atoms with van der Waals surface area (Å²) in [5.41, 5.74) is 3.71. The molecule has 4 aromatic carbocycles. The van der Waals surface area contributed by atoms with Crippen LogP contribution in [0.4, 0.5) is 29.2 Å². The normalized spacial score (nSPS) is 12.6. The Morgan fingerprint density at radius 2 is 0.941 bits per heavy atom. The van der Waals surface area contributed by atoms with Gasteiger partial charge in [-0.2, -0.15) is 27.0 Å². The molecule has 0 spiro atoms. The quantitative estimate of drug-likeness (QED) is 0.0352. The smallest absolute Gasteiger partial charge is 0.382 e. The number of rotatable bonds is 10. The number of guanidine groups is 2. The number of amides is 2. The summed E-state index contributed by atoms with van der Waals surface area (Å²) < 4.78 is 127. The van der Waals surface area contributed by atoms with Crippen molar-refractivity contribution in [1.29, 1.82) is 0 Å². The molecule has 368 valence electrons. The minimum Gasteiger partial charge on any atom is -0.382 e. The first-order valence-corrected chi connectivity index (χ1v) is 22.0. The van der Waals surface area contributed by atoms with E-state index >= 15 is 0 Å². The van der Waals surface area contributed by atoms with E-state index in [0.29, 0.717) is 24.8 Å². The Morgan fingerprint density at radius 3 is 1.25 bits per heavy atom. The van der Waals surface area contributed by atoms with Crippen LogP contribution in [0.3, 0.4) is 0 Å². The Kier molecular flexibility index (Phi) is 20.6. The van der Waals surface area contributed by atoms with Crippen LogP contribution in [-0.2, 0) is 30.3 Å². The van der Waals surface area contributed by atoms with Crippen LogP contribution >= 0.6 is 0 Å². The number of hydrogen-bond donors (Lipinski definition) is 10. The third kappa shape index (κ3) is 19.5. The summed E-state index contributed by atoms with van der Waals surface area (Å²) in [6.45, 7) is 8.20. The van der Waals surface area contributed by atoms with E-state index in [9.17, 15) is 27.2 Å². The summed E-state index contributed by atoms with van der Waals surface area (Å²) in [4.78, 5) is 33.8. The standard InChI is InChI=1S/2C20H21F2N5O2.2H2O4S/c2*1-11-4-6-14-17(8-11)26-27-18(14)24-20(23-12(2)10-29-3)25-19(28)13-5-7-15(21)16(22)9-13;2*1-5(2,3)4/h2*4-9,12H,10H2,1-3H3,(H3,23,24,25,26,27,28);2*(H2,1,2,3,4)/t2*12-;;/m00../s1. The lowest BCUT2D eigenvalue weighted by molar-refractivity contribution is 0.0967. The molecule has 2 amide bonds. The molecule has 2 atom stereocenters.